The third-order valence-electron chi connectivity index (χ3n) is 4.07. The van der Waals surface area contributed by atoms with Gasteiger partial charge in [-0.15, -0.1) is 0 Å². The average molecular weight is 414 g/mol. The zero-order chi connectivity index (χ0) is 18.7. The van der Waals surface area contributed by atoms with E-state index in [1.54, 1.807) is 25.0 Å². The SMILES string of the molecule is COc1cccc(NC(C(=O)c2nn(C)cc2Br)c2ccc(C)cc2)c1. The molecular weight excluding hydrogens is 394 g/mol. The summed E-state index contributed by atoms with van der Waals surface area (Å²) in [6, 6.07) is 14.9. The Morgan fingerprint density at radius 1 is 1.23 bits per heavy atom. The van der Waals surface area contributed by atoms with E-state index >= 15 is 0 Å². The molecule has 1 unspecified atom stereocenters. The van der Waals surface area contributed by atoms with Gasteiger partial charge < -0.3 is 10.1 Å². The lowest BCUT2D eigenvalue weighted by Crippen LogP contribution is -2.22. The van der Waals surface area contributed by atoms with Crippen LogP contribution in [-0.4, -0.2) is 22.7 Å². The van der Waals surface area contributed by atoms with Crippen LogP contribution < -0.4 is 10.1 Å². The number of carbonyl (C=O) groups is 1. The van der Waals surface area contributed by atoms with Crippen LogP contribution in [-0.2, 0) is 7.05 Å². The van der Waals surface area contributed by atoms with Gasteiger partial charge in [-0.3, -0.25) is 9.48 Å². The molecule has 1 atom stereocenters. The third kappa shape index (κ3) is 3.96. The van der Waals surface area contributed by atoms with Crippen LogP contribution in [0, 0.1) is 6.92 Å². The molecule has 1 heterocycles. The molecule has 0 saturated carbocycles. The fraction of sp³-hybridized carbons (Fsp3) is 0.200. The van der Waals surface area contributed by atoms with E-state index in [9.17, 15) is 4.79 Å². The van der Waals surface area contributed by atoms with E-state index in [1.165, 1.54) is 0 Å². The van der Waals surface area contributed by atoms with Crippen LogP contribution >= 0.6 is 15.9 Å². The van der Waals surface area contributed by atoms with Gasteiger partial charge in [-0.1, -0.05) is 35.9 Å². The van der Waals surface area contributed by atoms with Crippen LogP contribution in [0.15, 0.2) is 59.2 Å². The van der Waals surface area contributed by atoms with E-state index in [1.807, 2.05) is 55.5 Å². The molecule has 0 bridgehead atoms. The normalized spacial score (nSPS) is 11.8. The van der Waals surface area contributed by atoms with Crippen LogP contribution in [0.2, 0.25) is 0 Å². The van der Waals surface area contributed by atoms with Gasteiger partial charge in [0, 0.05) is 25.0 Å². The summed E-state index contributed by atoms with van der Waals surface area (Å²) in [5.74, 6) is 0.619. The largest absolute Gasteiger partial charge is 0.497 e. The molecular formula is C20H20BrN3O2. The number of aromatic nitrogens is 2. The molecule has 0 saturated heterocycles. The monoisotopic (exact) mass is 413 g/mol. The lowest BCUT2D eigenvalue weighted by Gasteiger charge is -2.19. The molecule has 0 spiro atoms. The number of hydrogen-bond acceptors (Lipinski definition) is 4. The predicted octanol–water partition coefficient (Wildman–Crippen LogP) is 4.54. The standard InChI is InChI=1S/C20H20BrN3O2/c1-13-7-9-14(10-8-13)18(20(25)19-17(21)12-24(2)23-19)22-15-5-4-6-16(11-15)26-3/h4-12,18,22H,1-3H3. The highest BCUT2D eigenvalue weighted by molar-refractivity contribution is 9.10. The number of methoxy groups -OCH3 is 1. The number of rotatable bonds is 6. The maximum Gasteiger partial charge on any atom is 0.210 e. The minimum atomic E-state index is -0.561. The van der Waals surface area contributed by atoms with Crippen LogP contribution in [0.3, 0.4) is 0 Å². The topological polar surface area (TPSA) is 56.1 Å². The summed E-state index contributed by atoms with van der Waals surface area (Å²) < 4.78 is 7.57. The van der Waals surface area contributed by atoms with Crippen LogP contribution in [0.5, 0.6) is 5.75 Å². The second-order valence-electron chi connectivity index (χ2n) is 6.08. The van der Waals surface area contributed by atoms with Gasteiger partial charge in [0.15, 0.2) is 0 Å². The molecule has 0 amide bonds. The highest BCUT2D eigenvalue weighted by atomic mass is 79.9. The Labute approximate surface area is 161 Å². The molecule has 0 aliphatic carbocycles. The Morgan fingerprint density at radius 2 is 1.96 bits per heavy atom. The maximum absolute atomic E-state index is 13.2. The van der Waals surface area contributed by atoms with Gasteiger partial charge in [0.05, 0.1) is 11.6 Å². The number of halogens is 1. The summed E-state index contributed by atoms with van der Waals surface area (Å²) in [7, 11) is 3.41. The van der Waals surface area contributed by atoms with Gasteiger partial charge in [0.2, 0.25) is 5.78 Å². The first-order valence-corrected chi connectivity index (χ1v) is 8.97. The number of ketones is 1. The Morgan fingerprint density at radius 3 is 2.58 bits per heavy atom. The molecule has 134 valence electrons. The fourth-order valence-electron chi connectivity index (χ4n) is 2.70. The first-order chi connectivity index (χ1) is 12.5. The van der Waals surface area contributed by atoms with Crippen molar-refractivity contribution in [2.24, 2.45) is 7.05 Å². The molecule has 0 aliphatic heterocycles. The van der Waals surface area contributed by atoms with E-state index in [0.717, 1.165) is 22.6 Å². The van der Waals surface area contributed by atoms with Crippen molar-refractivity contribution in [1.29, 1.82) is 0 Å². The van der Waals surface area contributed by atoms with Gasteiger partial charge >= 0.3 is 0 Å². The van der Waals surface area contributed by atoms with Gasteiger partial charge in [-0.25, -0.2) is 0 Å². The minimum Gasteiger partial charge on any atom is -0.497 e. The zero-order valence-corrected chi connectivity index (χ0v) is 16.4. The van der Waals surface area contributed by atoms with Crippen LogP contribution in [0.4, 0.5) is 5.69 Å². The Bertz CT molecular complexity index is 919. The summed E-state index contributed by atoms with van der Waals surface area (Å²) in [5, 5.41) is 7.63. The van der Waals surface area contributed by atoms with E-state index in [-0.39, 0.29) is 5.78 Å². The number of nitrogens with zero attached hydrogens (tertiary/aromatic N) is 2. The highest BCUT2D eigenvalue weighted by Crippen LogP contribution is 2.28. The molecule has 5 nitrogen and oxygen atoms in total. The van der Waals surface area contributed by atoms with Crippen molar-refractivity contribution in [3.8, 4) is 5.75 Å². The molecule has 6 heteroatoms. The first kappa shape index (κ1) is 18.2. The molecule has 0 fully saturated rings. The fourth-order valence-corrected chi connectivity index (χ4v) is 3.27. The van der Waals surface area contributed by atoms with Gasteiger partial charge in [0.1, 0.15) is 17.5 Å². The van der Waals surface area contributed by atoms with E-state index in [4.69, 9.17) is 4.74 Å². The molecule has 0 aliphatic rings. The van der Waals surface area contributed by atoms with Crippen molar-refractivity contribution >= 4 is 27.4 Å². The van der Waals surface area contributed by atoms with E-state index in [0.29, 0.717) is 10.2 Å². The van der Waals surface area contributed by atoms with Crippen molar-refractivity contribution in [3.63, 3.8) is 0 Å². The number of carbonyl (C=O) groups excluding carboxylic acids is 1. The average Bonchev–Trinajstić information content (AvgIpc) is 2.98. The maximum atomic E-state index is 13.2. The van der Waals surface area contributed by atoms with Gasteiger partial charge in [0.25, 0.3) is 0 Å². The third-order valence-corrected chi connectivity index (χ3v) is 4.65. The molecule has 2 aromatic carbocycles. The van der Waals surface area contributed by atoms with Crippen molar-refractivity contribution in [3.05, 3.63) is 76.0 Å². The van der Waals surface area contributed by atoms with Crippen LogP contribution in [0.1, 0.15) is 27.7 Å². The second-order valence-corrected chi connectivity index (χ2v) is 6.94. The zero-order valence-electron chi connectivity index (χ0n) is 14.9. The summed E-state index contributed by atoms with van der Waals surface area (Å²) in [6.45, 7) is 2.02. The van der Waals surface area contributed by atoms with Crippen molar-refractivity contribution in [2.45, 2.75) is 13.0 Å². The smallest absolute Gasteiger partial charge is 0.210 e. The van der Waals surface area contributed by atoms with Crippen molar-refractivity contribution in [2.75, 3.05) is 12.4 Å². The summed E-state index contributed by atoms with van der Waals surface area (Å²) >= 11 is 3.43. The molecule has 3 rings (SSSR count). The first-order valence-electron chi connectivity index (χ1n) is 8.18. The predicted molar refractivity (Wildman–Crippen MR) is 106 cm³/mol. The number of ether oxygens (including phenoxy) is 1. The molecule has 1 aromatic heterocycles. The lowest BCUT2D eigenvalue weighted by molar-refractivity contribution is 0.0963. The van der Waals surface area contributed by atoms with Crippen molar-refractivity contribution in [1.82, 2.24) is 9.78 Å². The quantitative estimate of drug-likeness (QED) is 0.602. The summed E-state index contributed by atoms with van der Waals surface area (Å²) in [5.41, 5.74) is 3.21. The van der Waals surface area contributed by atoms with Gasteiger partial charge in [-0.2, -0.15) is 5.10 Å². The number of aryl methyl sites for hydroxylation is 2. The van der Waals surface area contributed by atoms with Gasteiger partial charge in [-0.05, 0) is 40.5 Å². The molecule has 1 N–H and O–H groups in total. The number of hydrogen-bond donors (Lipinski definition) is 1. The Balaban J connectivity index is 1.99. The Hall–Kier alpha value is -2.60. The summed E-state index contributed by atoms with van der Waals surface area (Å²) in [4.78, 5) is 13.2. The minimum absolute atomic E-state index is 0.107. The van der Waals surface area contributed by atoms with Crippen molar-refractivity contribution < 1.29 is 9.53 Å². The van der Waals surface area contributed by atoms with Crippen LogP contribution in [0.25, 0.3) is 0 Å². The second kappa shape index (κ2) is 7.74. The Kier molecular flexibility index (Phi) is 5.42. The lowest BCUT2D eigenvalue weighted by atomic mass is 9.99. The highest BCUT2D eigenvalue weighted by Gasteiger charge is 2.26. The molecule has 3 aromatic rings. The number of Topliss-reactive ketones (excluding diaryl/α,β-unsaturated/α-hetero) is 1. The summed E-state index contributed by atoms with van der Waals surface area (Å²) in [6.07, 6.45) is 1.77. The van der Waals surface area contributed by atoms with E-state index < -0.39 is 6.04 Å². The number of anilines is 1. The molecule has 26 heavy (non-hydrogen) atoms. The molecule has 0 radical (unpaired) electrons. The van der Waals surface area contributed by atoms with E-state index in [2.05, 4.69) is 26.3 Å². The number of benzene rings is 2. The number of nitrogens with one attached hydrogen (secondary N) is 1.